The molecule has 4 aromatic rings. The van der Waals surface area contributed by atoms with Crippen LogP contribution in [0, 0.1) is 11.3 Å². The molecular formula is C29H33FN8O2. The SMILES string of the molecule is Cn1cc(C2CCC(Nc3cc(-c4ccc5cc(C#N)cnn45)ncc3C(=O)NCC(F)C(C)(C)O)CC2)cn1. The first-order chi connectivity index (χ1) is 19.1. The Morgan fingerprint density at radius 3 is 2.65 bits per heavy atom. The average Bonchev–Trinajstić information content (AvgIpc) is 3.57. The molecule has 1 unspecified atom stereocenters. The van der Waals surface area contributed by atoms with Gasteiger partial charge < -0.3 is 15.7 Å². The van der Waals surface area contributed by atoms with Crippen LogP contribution in [0.5, 0.6) is 0 Å². The number of halogens is 1. The Labute approximate surface area is 231 Å². The van der Waals surface area contributed by atoms with Crippen molar-refractivity contribution >= 4 is 17.1 Å². The number of carbonyl (C=O) groups is 1. The van der Waals surface area contributed by atoms with Gasteiger partial charge >= 0.3 is 0 Å². The van der Waals surface area contributed by atoms with Crippen LogP contribution in [0.4, 0.5) is 10.1 Å². The molecule has 40 heavy (non-hydrogen) atoms. The second kappa shape index (κ2) is 11.1. The minimum absolute atomic E-state index is 0.139. The van der Waals surface area contributed by atoms with Crippen molar-refractivity contribution in [1.82, 2.24) is 29.7 Å². The molecule has 0 aliphatic heterocycles. The summed E-state index contributed by atoms with van der Waals surface area (Å²) in [6.07, 6.45) is 9.15. The molecule has 1 fully saturated rings. The maximum atomic E-state index is 14.4. The lowest BCUT2D eigenvalue weighted by atomic mass is 9.83. The van der Waals surface area contributed by atoms with Crippen molar-refractivity contribution < 1.29 is 14.3 Å². The number of fused-ring (bicyclic) bond motifs is 1. The predicted molar refractivity (Wildman–Crippen MR) is 148 cm³/mol. The zero-order valence-electron chi connectivity index (χ0n) is 22.8. The molecule has 0 saturated heterocycles. The van der Waals surface area contributed by atoms with Crippen LogP contribution >= 0.6 is 0 Å². The first kappa shape index (κ1) is 27.3. The number of rotatable bonds is 8. The predicted octanol–water partition coefficient (Wildman–Crippen LogP) is 3.98. The van der Waals surface area contributed by atoms with Crippen molar-refractivity contribution in [3.63, 3.8) is 0 Å². The molecule has 4 heterocycles. The Balaban J connectivity index is 1.40. The fourth-order valence-electron chi connectivity index (χ4n) is 5.12. The fourth-order valence-corrected chi connectivity index (χ4v) is 5.12. The van der Waals surface area contributed by atoms with Crippen LogP contribution in [0.3, 0.4) is 0 Å². The molecule has 208 valence electrons. The third-order valence-corrected chi connectivity index (χ3v) is 7.53. The van der Waals surface area contributed by atoms with Crippen molar-refractivity contribution in [3.05, 3.63) is 65.7 Å². The van der Waals surface area contributed by atoms with Gasteiger partial charge in [-0.05, 0) is 75.3 Å². The summed E-state index contributed by atoms with van der Waals surface area (Å²) < 4.78 is 17.9. The molecule has 5 rings (SSSR count). The topological polar surface area (TPSA) is 133 Å². The van der Waals surface area contributed by atoms with Gasteiger partial charge in [0.05, 0.1) is 58.3 Å². The Bertz CT molecular complexity index is 1560. The normalized spacial score (nSPS) is 18.3. The van der Waals surface area contributed by atoms with Crippen LogP contribution in [-0.2, 0) is 7.05 Å². The third kappa shape index (κ3) is 5.82. The number of hydrogen-bond acceptors (Lipinski definition) is 7. The lowest BCUT2D eigenvalue weighted by Gasteiger charge is -2.30. The van der Waals surface area contributed by atoms with Crippen molar-refractivity contribution in [2.45, 2.75) is 63.3 Å². The standard InChI is InChI=1S/C29H33FN8O2/c1-29(2,40)27(30)16-33-28(39)23-15-32-25(26-9-8-22-10-18(12-31)13-35-38(22)26)11-24(23)36-21-6-4-19(5-7-21)20-14-34-37(3)17-20/h8-11,13-15,17,19,21,27,40H,4-7,16H2,1-3H3,(H,32,36)(H,33,39). The van der Waals surface area contributed by atoms with E-state index in [2.05, 4.69) is 38.1 Å². The van der Waals surface area contributed by atoms with E-state index in [0.717, 1.165) is 31.2 Å². The average molecular weight is 545 g/mol. The summed E-state index contributed by atoms with van der Waals surface area (Å²) in [6.45, 7) is 2.41. The molecule has 1 aliphatic rings. The van der Waals surface area contributed by atoms with Gasteiger partial charge in [-0.25, -0.2) is 8.91 Å². The summed E-state index contributed by atoms with van der Waals surface area (Å²) in [4.78, 5) is 17.7. The van der Waals surface area contributed by atoms with E-state index in [1.54, 1.807) is 10.6 Å². The third-order valence-electron chi connectivity index (χ3n) is 7.53. The second-order valence-corrected chi connectivity index (χ2v) is 11.0. The molecule has 10 nitrogen and oxygen atoms in total. The van der Waals surface area contributed by atoms with E-state index in [4.69, 9.17) is 0 Å². The minimum atomic E-state index is -1.63. The number of aromatic nitrogens is 5. The van der Waals surface area contributed by atoms with Gasteiger partial charge in [-0.15, -0.1) is 0 Å². The van der Waals surface area contributed by atoms with Gasteiger partial charge in [-0.3, -0.25) is 14.5 Å². The van der Waals surface area contributed by atoms with Gasteiger partial charge in [-0.2, -0.15) is 15.5 Å². The summed E-state index contributed by atoms with van der Waals surface area (Å²) in [5.41, 5.74) is 3.07. The zero-order chi connectivity index (χ0) is 28.4. The quantitative estimate of drug-likeness (QED) is 0.306. The summed E-state index contributed by atoms with van der Waals surface area (Å²) in [6, 6.07) is 9.51. The van der Waals surface area contributed by atoms with E-state index in [1.807, 2.05) is 36.1 Å². The highest BCUT2D eigenvalue weighted by molar-refractivity contribution is 6.00. The van der Waals surface area contributed by atoms with Gasteiger partial charge in [0, 0.05) is 25.5 Å². The number of anilines is 1. The Hall–Kier alpha value is -4.30. The van der Waals surface area contributed by atoms with E-state index in [0.29, 0.717) is 34.1 Å². The number of nitrogens with one attached hydrogen (secondary N) is 2. The number of amides is 1. The summed E-state index contributed by atoms with van der Waals surface area (Å²) in [7, 11) is 1.92. The lowest BCUT2D eigenvalue weighted by Crippen LogP contribution is -2.42. The van der Waals surface area contributed by atoms with Crippen LogP contribution < -0.4 is 10.6 Å². The number of nitrogens with zero attached hydrogens (tertiary/aromatic N) is 6. The minimum Gasteiger partial charge on any atom is -0.387 e. The molecule has 0 radical (unpaired) electrons. The molecule has 0 aromatic carbocycles. The van der Waals surface area contributed by atoms with Crippen molar-refractivity contribution in [3.8, 4) is 17.5 Å². The summed E-state index contributed by atoms with van der Waals surface area (Å²) >= 11 is 0. The van der Waals surface area contributed by atoms with Crippen molar-refractivity contribution in [2.24, 2.45) is 7.05 Å². The summed E-state index contributed by atoms with van der Waals surface area (Å²) in [5.74, 6) is -0.0309. The number of aryl methyl sites for hydroxylation is 1. The highest BCUT2D eigenvalue weighted by Crippen LogP contribution is 2.35. The lowest BCUT2D eigenvalue weighted by molar-refractivity contribution is -0.00177. The molecule has 3 N–H and O–H groups in total. The first-order valence-corrected chi connectivity index (χ1v) is 13.4. The number of hydrogen-bond donors (Lipinski definition) is 3. The van der Waals surface area contributed by atoms with Crippen molar-refractivity contribution in [2.75, 3.05) is 11.9 Å². The van der Waals surface area contributed by atoms with Crippen LogP contribution in [-0.4, -0.2) is 59.8 Å². The Morgan fingerprint density at radius 1 is 1.20 bits per heavy atom. The number of nitriles is 1. The second-order valence-electron chi connectivity index (χ2n) is 11.0. The highest BCUT2D eigenvalue weighted by Gasteiger charge is 2.28. The van der Waals surface area contributed by atoms with Gasteiger partial charge in [0.1, 0.15) is 12.2 Å². The van der Waals surface area contributed by atoms with Gasteiger partial charge in [0.25, 0.3) is 5.91 Å². The molecule has 1 atom stereocenters. The molecular weight excluding hydrogens is 511 g/mol. The zero-order valence-corrected chi connectivity index (χ0v) is 22.8. The molecule has 1 amide bonds. The van der Waals surface area contributed by atoms with Crippen LogP contribution in [0.1, 0.15) is 66.9 Å². The highest BCUT2D eigenvalue weighted by atomic mass is 19.1. The van der Waals surface area contributed by atoms with Gasteiger partial charge in [-0.1, -0.05) is 0 Å². The maximum absolute atomic E-state index is 14.4. The number of alkyl halides is 1. The first-order valence-electron chi connectivity index (χ1n) is 13.4. The number of carbonyl (C=O) groups excluding carboxylic acids is 1. The van der Waals surface area contributed by atoms with E-state index >= 15 is 0 Å². The molecule has 0 spiro atoms. The molecule has 11 heteroatoms. The van der Waals surface area contributed by atoms with E-state index in [1.165, 1.54) is 31.8 Å². The maximum Gasteiger partial charge on any atom is 0.255 e. The van der Waals surface area contributed by atoms with E-state index in [9.17, 15) is 19.6 Å². The number of aliphatic hydroxyl groups is 1. The van der Waals surface area contributed by atoms with Crippen LogP contribution in [0.2, 0.25) is 0 Å². The van der Waals surface area contributed by atoms with E-state index < -0.39 is 17.7 Å². The van der Waals surface area contributed by atoms with Gasteiger partial charge in [0.15, 0.2) is 0 Å². The Kier molecular flexibility index (Phi) is 7.54. The smallest absolute Gasteiger partial charge is 0.255 e. The molecule has 1 saturated carbocycles. The van der Waals surface area contributed by atoms with Gasteiger partial charge in [0.2, 0.25) is 0 Å². The molecule has 1 aliphatic carbocycles. The number of pyridine rings is 1. The van der Waals surface area contributed by atoms with E-state index in [-0.39, 0.29) is 12.6 Å². The monoisotopic (exact) mass is 544 g/mol. The Morgan fingerprint density at radius 2 is 1.98 bits per heavy atom. The largest absolute Gasteiger partial charge is 0.387 e. The van der Waals surface area contributed by atoms with Crippen LogP contribution in [0.15, 0.2) is 49.1 Å². The van der Waals surface area contributed by atoms with Crippen molar-refractivity contribution in [1.29, 1.82) is 5.26 Å². The molecule has 4 aromatic heterocycles. The summed E-state index contributed by atoms with van der Waals surface area (Å²) in [5, 5.41) is 34.0. The van der Waals surface area contributed by atoms with Crippen LogP contribution in [0.25, 0.3) is 16.9 Å². The molecule has 0 bridgehead atoms. The fraction of sp³-hybridized carbons (Fsp3) is 0.414.